The van der Waals surface area contributed by atoms with Gasteiger partial charge in [-0.15, -0.1) is 0 Å². The van der Waals surface area contributed by atoms with Crippen molar-refractivity contribution in [3.63, 3.8) is 0 Å². The molecule has 4 rings (SSSR count). The summed E-state index contributed by atoms with van der Waals surface area (Å²) in [6, 6.07) is 10.9. The third-order valence-corrected chi connectivity index (χ3v) is 7.63. The van der Waals surface area contributed by atoms with Crippen LogP contribution in [0.3, 0.4) is 0 Å². The first-order chi connectivity index (χ1) is 14.8. The highest BCUT2D eigenvalue weighted by Crippen LogP contribution is 2.35. The molecular weight excluding hydrogens is 418 g/mol. The molecule has 2 aliphatic heterocycles. The summed E-state index contributed by atoms with van der Waals surface area (Å²) in [5.41, 5.74) is 1.83. The van der Waals surface area contributed by atoms with Crippen LogP contribution in [0.2, 0.25) is 0 Å². The topological polar surface area (TPSA) is 96.0 Å². The van der Waals surface area contributed by atoms with E-state index in [9.17, 15) is 18.0 Å². The van der Waals surface area contributed by atoms with E-state index in [2.05, 4.69) is 5.32 Å². The van der Waals surface area contributed by atoms with Crippen molar-refractivity contribution in [2.24, 2.45) is 0 Å². The highest BCUT2D eigenvalue weighted by Gasteiger charge is 2.38. The Bertz CT molecular complexity index is 1110. The van der Waals surface area contributed by atoms with Gasteiger partial charge >= 0.3 is 0 Å². The van der Waals surface area contributed by atoms with Gasteiger partial charge in [-0.1, -0.05) is 0 Å². The standard InChI is InChI=1S/C22H25N3O5S/c1-15(26)25-20-10-9-19(31(28,29)24-11-3-4-12-24)13-16(20)14-21(25)22(27)23-17-5-7-18(30-2)8-6-17/h5-10,13,21H,3-4,11-12,14H2,1-2H3,(H,23,27)/t21-/m1/s1. The van der Waals surface area contributed by atoms with Crippen LogP contribution in [0.25, 0.3) is 0 Å². The van der Waals surface area contributed by atoms with Crippen LogP contribution in [-0.2, 0) is 26.0 Å². The Morgan fingerprint density at radius 1 is 1.06 bits per heavy atom. The second-order valence-corrected chi connectivity index (χ2v) is 9.67. The second kappa shape index (κ2) is 8.32. The van der Waals surface area contributed by atoms with Crippen LogP contribution in [0.1, 0.15) is 25.3 Å². The lowest BCUT2D eigenvalue weighted by atomic mass is 10.1. The van der Waals surface area contributed by atoms with Gasteiger partial charge in [0.15, 0.2) is 0 Å². The smallest absolute Gasteiger partial charge is 0.247 e. The van der Waals surface area contributed by atoms with Gasteiger partial charge in [-0.25, -0.2) is 8.42 Å². The number of anilines is 2. The summed E-state index contributed by atoms with van der Waals surface area (Å²) < 4.78 is 32.4. The van der Waals surface area contributed by atoms with Gasteiger partial charge in [0.1, 0.15) is 11.8 Å². The molecule has 0 aromatic heterocycles. The first-order valence-electron chi connectivity index (χ1n) is 10.2. The molecular formula is C22H25N3O5S. The zero-order chi connectivity index (χ0) is 22.2. The van der Waals surface area contributed by atoms with Crippen molar-refractivity contribution in [2.45, 2.75) is 37.1 Å². The molecule has 2 aliphatic rings. The van der Waals surface area contributed by atoms with Crippen molar-refractivity contribution >= 4 is 33.2 Å². The number of ether oxygens (including phenoxy) is 1. The predicted octanol–water partition coefficient (Wildman–Crippen LogP) is 2.40. The zero-order valence-corrected chi connectivity index (χ0v) is 18.3. The van der Waals surface area contributed by atoms with E-state index in [0.29, 0.717) is 35.8 Å². The normalized spacial score (nSPS) is 18.6. The maximum Gasteiger partial charge on any atom is 0.247 e. The number of hydrogen-bond donors (Lipinski definition) is 1. The van der Waals surface area contributed by atoms with Crippen LogP contribution in [0, 0.1) is 0 Å². The van der Waals surface area contributed by atoms with Gasteiger partial charge in [0.2, 0.25) is 21.8 Å². The highest BCUT2D eigenvalue weighted by atomic mass is 32.2. The Labute approximate surface area is 181 Å². The lowest BCUT2D eigenvalue weighted by Crippen LogP contribution is -2.44. The maximum atomic E-state index is 13.0. The van der Waals surface area contributed by atoms with Gasteiger partial charge in [0, 0.05) is 37.8 Å². The molecule has 0 unspecified atom stereocenters. The zero-order valence-electron chi connectivity index (χ0n) is 17.5. The molecule has 31 heavy (non-hydrogen) atoms. The Hall–Kier alpha value is -2.91. The number of fused-ring (bicyclic) bond motifs is 1. The molecule has 0 spiro atoms. The fraction of sp³-hybridized carbons (Fsp3) is 0.364. The van der Waals surface area contributed by atoms with Crippen molar-refractivity contribution in [2.75, 3.05) is 30.4 Å². The van der Waals surface area contributed by atoms with E-state index < -0.39 is 16.1 Å². The minimum atomic E-state index is -3.57. The van der Waals surface area contributed by atoms with Gasteiger partial charge in [-0.3, -0.25) is 14.5 Å². The van der Waals surface area contributed by atoms with E-state index >= 15 is 0 Å². The Morgan fingerprint density at radius 2 is 1.74 bits per heavy atom. The molecule has 1 N–H and O–H groups in total. The molecule has 0 saturated carbocycles. The highest BCUT2D eigenvalue weighted by molar-refractivity contribution is 7.89. The van der Waals surface area contributed by atoms with Crippen molar-refractivity contribution in [1.29, 1.82) is 0 Å². The average Bonchev–Trinajstić information content (AvgIpc) is 3.42. The summed E-state index contributed by atoms with van der Waals surface area (Å²) in [5, 5.41) is 2.83. The van der Waals surface area contributed by atoms with E-state index in [1.165, 1.54) is 22.2 Å². The van der Waals surface area contributed by atoms with E-state index in [0.717, 1.165) is 12.8 Å². The number of rotatable bonds is 5. The van der Waals surface area contributed by atoms with Crippen LogP contribution in [0.4, 0.5) is 11.4 Å². The molecule has 2 amide bonds. The quantitative estimate of drug-likeness (QED) is 0.766. The van der Waals surface area contributed by atoms with Crippen LogP contribution in [0.5, 0.6) is 5.75 Å². The van der Waals surface area contributed by atoms with Gasteiger partial charge in [0.25, 0.3) is 0 Å². The molecule has 2 aromatic carbocycles. The van der Waals surface area contributed by atoms with E-state index in [1.807, 2.05) is 0 Å². The molecule has 0 bridgehead atoms. The first kappa shape index (κ1) is 21.3. The molecule has 9 heteroatoms. The molecule has 1 fully saturated rings. The summed E-state index contributed by atoms with van der Waals surface area (Å²) in [6.45, 7) is 2.44. The van der Waals surface area contributed by atoms with Crippen LogP contribution >= 0.6 is 0 Å². The number of amides is 2. The lowest BCUT2D eigenvalue weighted by Gasteiger charge is -2.23. The Kier molecular flexibility index (Phi) is 5.72. The number of methoxy groups -OCH3 is 1. The van der Waals surface area contributed by atoms with Gasteiger partial charge in [0.05, 0.1) is 12.0 Å². The third kappa shape index (κ3) is 4.03. The second-order valence-electron chi connectivity index (χ2n) is 7.73. The molecule has 164 valence electrons. The summed E-state index contributed by atoms with van der Waals surface area (Å²) in [6.07, 6.45) is 1.96. The molecule has 2 heterocycles. The lowest BCUT2D eigenvalue weighted by molar-refractivity contribution is -0.122. The minimum absolute atomic E-state index is 0.202. The first-order valence-corrected chi connectivity index (χ1v) is 11.6. The largest absolute Gasteiger partial charge is 0.497 e. The number of nitrogens with one attached hydrogen (secondary N) is 1. The fourth-order valence-corrected chi connectivity index (χ4v) is 5.73. The summed E-state index contributed by atoms with van der Waals surface area (Å²) in [5.74, 6) is 0.0627. The molecule has 2 aromatic rings. The maximum absolute atomic E-state index is 13.0. The van der Waals surface area contributed by atoms with Gasteiger partial charge < -0.3 is 10.1 Å². The van der Waals surface area contributed by atoms with E-state index in [1.54, 1.807) is 43.5 Å². The predicted molar refractivity (Wildman–Crippen MR) is 117 cm³/mol. The summed E-state index contributed by atoms with van der Waals surface area (Å²) in [4.78, 5) is 27.0. The monoisotopic (exact) mass is 443 g/mol. The SMILES string of the molecule is COc1ccc(NC(=O)[C@H]2Cc3cc(S(=O)(=O)N4CCCC4)ccc3N2C(C)=O)cc1. The van der Waals surface area contributed by atoms with Crippen molar-refractivity contribution in [3.05, 3.63) is 48.0 Å². The molecule has 0 aliphatic carbocycles. The number of carbonyl (C=O) groups excluding carboxylic acids is 2. The number of hydrogen-bond acceptors (Lipinski definition) is 5. The van der Waals surface area contributed by atoms with Crippen LogP contribution in [-0.4, -0.2) is 50.8 Å². The Balaban J connectivity index is 1.59. The van der Waals surface area contributed by atoms with Crippen LogP contribution < -0.4 is 15.0 Å². The molecule has 1 saturated heterocycles. The number of carbonyl (C=O) groups is 2. The van der Waals surface area contributed by atoms with E-state index in [4.69, 9.17) is 4.74 Å². The fourth-order valence-electron chi connectivity index (χ4n) is 4.16. The van der Waals surface area contributed by atoms with Crippen LogP contribution in [0.15, 0.2) is 47.4 Å². The number of nitrogens with zero attached hydrogens (tertiary/aromatic N) is 2. The van der Waals surface area contributed by atoms with Gasteiger partial charge in [-0.05, 0) is 60.9 Å². The van der Waals surface area contributed by atoms with Crippen molar-refractivity contribution < 1.29 is 22.7 Å². The van der Waals surface area contributed by atoms with E-state index in [-0.39, 0.29) is 23.1 Å². The van der Waals surface area contributed by atoms with Gasteiger partial charge in [-0.2, -0.15) is 4.31 Å². The van der Waals surface area contributed by atoms with Crippen molar-refractivity contribution in [1.82, 2.24) is 4.31 Å². The number of benzene rings is 2. The summed E-state index contributed by atoms with van der Waals surface area (Å²) in [7, 11) is -2.01. The third-order valence-electron chi connectivity index (χ3n) is 5.74. The Morgan fingerprint density at radius 3 is 2.35 bits per heavy atom. The number of sulfonamides is 1. The molecule has 0 radical (unpaired) electrons. The molecule has 1 atom stereocenters. The minimum Gasteiger partial charge on any atom is -0.497 e. The average molecular weight is 444 g/mol. The summed E-state index contributed by atoms with van der Waals surface area (Å²) >= 11 is 0. The van der Waals surface area contributed by atoms with Crippen molar-refractivity contribution in [3.8, 4) is 5.75 Å². The molecule has 8 nitrogen and oxygen atoms in total.